The zero-order chi connectivity index (χ0) is 19.5. The van der Waals surface area contributed by atoms with Gasteiger partial charge in [-0.3, -0.25) is 19.4 Å². The van der Waals surface area contributed by atoms with E-state index >= 15 is 0 Å². The standard InChI is InChI=1S/C16H18F3N3O4/c1-21(9-13(23)22-6-2-3-11(8-22)15(25)26)14(24)10-4-5-12(20-7-10)16(17,18)19/h4-5,7,11H,2-3,6,8-9H2,1H3,(H,25,26). The molecule has 0 aromatic carbocycles. The Morgan fingerprint density at radius 1 is 1.35 bits per heavy atom. The van der Waals surface area contributed by atoms with Crippen LogP contribution in [0, 0.1) is 5.92 Å². The molecule has 26 heavy (non-hydrogen) atoms. The largest absolute Gasteiger partial charge is 0.481 e. The number of aromatic nitrogens is 1. The van der Waals surface area contributed by atoms with Gasteiger partial charge in [0.1, 0.15) is 5.69 Å². The lowest BCUT2D eigenvalue weighted by atomic mass is 9.98. The van der Waals surface area contributed by atoms with Crippen molar-refractivity contribution in [3.63, 3.8) is 0 Å². The number of carbonyl (C=O) groups is 3. The minimum absolute atomic E-state index is 0.0737. The maximum atomic E-state index is 12.5. The molecule has 2 rings (SSSR count). The zero-order valence-corrected chi connectivity index (χ0v) is 14.0. The maximum absolute atomic E-state index is 12.5. The van der Waals surface area contributed by atoms with Gasteiger partial charge in [-0.1, -0.05) is 0 Å². The van der Waals surface area contributed by atoms with Crippen LogP contribution in [-0.2, 0) is 15.8 Å². The third-order valence-corrected chi connectivity index (χ3v) is 4.14. The minimum atomic E-state index is -4.60. The molecular weight excluding hydrogens is 355 g/mol. The predicted molar refractivity (Wildman–Crippen MR) is 83.1 cm³/mol. The van der Waals surface area contributed by atoms with Gasteiger partial charge in [0, 0.05) is 26.3 Å². The highest BCUT2D eigenvalue weighted by Crippen LogP contribution is 2.27. The molecule has 1 aromatic rings. The highest BCUT2D eigenvalue weighted by Gasteiger charge is 2.33. The Balaban J connectivity index is 1.98. The van der Waals surface area contributed by atoms with Crippen molar-refractivity contribution in [2.45, 2.75) is 19.0 Å². The second-order valence-corrected chi connectivity index (χ2v) is 6.11. The van der Waals surface area contributed by atoms with Crippen molar-refractivity contribution in [2.24, 2.45) is 5.92 Å². The van der Waals surface area contributed by atoms with Gasteiger partial charge in [0.05, 0.1) is 18.0 Å². The molecule has 7 nitrogen and oxygen atoms in total. The average Bonchev–Trinajstić information content (AvgIpc) is 2.60. The number of rotatable bonds is 4. The molecular formula is C16H18F3N3O4. The number of hydrogen-bond acceptors (Lipinski definition) is 4. The number of carbonyl (C=O) groups excluding carboxylic acids is 2. The van der Waals surface area contributed by atoms with E-state index in [9.17, 15) is 27.6 Å². The number of piperidine rings is 1. The Bertz CT molecular complexity index is 691. The molecule has 0 aliphatic carbocycles. The first kappa shape index (κ1) is 19.7. The smallest absolute Gasteiger partial charge is 0.433 e. The van der Waals surface area contributed by atoms with Crippen LogP contribution in [-0.4, -0.2) is 64.4 Å². The van der Waals surface area contributed by atoms with E-state index in [0.29, 0.717) is 25.5 Å². The van der Waals surface area contributed by atoms with Gasteiger partial charge in [-0.05, 0) is 25.0 Å². The number of carboxylic acids is 1. The van der Waals surface area contributed by atoms with Crippen LogP contribution < -0.4 is 0 Å². The number of hydrogen-bond donors (Lipinski definition) is 1. The maximum Gasteiger partial charge on any atom is 0.433 e. The molecule has 1 saturated heterocycles. The van der Waals surface area contributed by atoms with E-state index in [0.717, 1.165) is 17.2 Å². The number of pyridine rings is 1. The Morgan fingerprint density at radius 2 is 2.04 bits per heavy atom. The summed E-state index contributed by atoms with van der Waals surface area (Å²) < 4.78 is 37.5. The quantitative estimate of drug-likeness (QED) is 0.864. The van der Waals surface area contributed by atoms with Crippen LogP contribution in [0.1, 0.15) is 28.9 Å². The van der Waals surface area contributed by atoms with Crippen molar-refractivity contribution < 1.29 is 32.7 Å². The van der Waals surface area contributed by atoms with Crippen LogP contribution in [0.4, 0.5) is 13.2 Å². The number of likely N-dealkylation sites (N-methyl/N-ethyl adjacent to an activating group) is 1. The fourth-order valence-corrected chi connectivity index (χ4v) is 2.69. The monoisotopic (exact) mass is 373 g/mol. The van der Waals surface area contributed by atoms with Gasteiger partial charge in [0.15, 0.2) is 0 Å². The van der Waals surface area contributed by atoms with Gasteiger partial charge in [0.2, 0.25) is 5.91 Å². The molecule has 1 atom stereocenters. The summed E-state index contributed by atoms with van der Waals surface area (Å²) in [6.45, 7) is 0.191. The van der Waals surface area contributed by atoms with Crippen molar-refractivity contribution in [1.82, 2.24) is 14.8 Å². The lowest BCUT2D eigenvalue weighted by Crippen LogP contribution is -2.46. The molecule has 0 spiro atoms. The molecule has 10 heteroatoms. The van der Waals surface area contributed by atoms with E-state index in [4.69, 9.17) is 5.11 Å². The summed E-state index contributed by atoms with van der Waals surface area (Å²) in [5.41, 5.74) is -1.18. The average molecular weight is 373 g/mol. The molecule has 0 saturated carbocycles. The number of alkyl halides is 3. The molecule has 1 fully saturated rings. The molecule has 0 radical (unpaired) electrons. The number of aliphatic carboxylic acids is 1. The van der Waals surface area contributed by atoms with E-state index in [2.05, 4.69) is 4.98 Å². The molecule has 1 aliphatic heterocycles. The number of likely N-dealkylation sites (tertiary alicyclic amines) is 1. The van der Waals surface area contributed by atoms with Crippen LogP contribution >= 0.6 is 0 Å². The molecule has 2 heterocycles. The fraction of sp³-hybridized carbons (Fsp3) is 0.500. The van der Waals surface area contributed by atoms with Gasteiger partial charge < -0.3 is 14.9 Å². The summed E-state index contributed by atoms with van der Waals surface area (Å²) in [5.74, 6) is -2.66. The van der Waals surface area contributed by atoms with Crippen LogP contribution in [0.15, 0.2) is 18.3 Å². The second kappa shape index (κ2) is 7.71. The van der Waals surface area contributed by atoms with Gasteiger partial charge in [-0.25, -0.2) is 0 Å². The van der Waals surface area contributed by atoms with Gasteiger partial charge in [0.25, 0.3) is 5.91 Å². The fourth-order valence-electron chi connectivity index (χ4n) is 2.69. The highest BCUT2D eigenvalue weighted by molar-refractivity contribution is 5.96. The van der Waals surface area contributed by atoms with Crippen LogP contribution in [0.2, 0.25) is 0 Å². The number of amides is 2. The first-order valence-electron chi connectivity index (χ1n) is 7.89. The van der Waals surface area contributed by atoms with E-state index in [-0.39, 0.29) is 18.7 Å². The van der Waals surface area contributed by atoms with E-state index in [1.54, 1.807) is 0 Å². The Hall–Kier alpha value is -2.65. The minimum Gasteiger partial charge on any atom is -0.481 e. The van der Waals surface area contributed by atoms with Crippen molar-refractivity contribution in [2.75, 3.05) is 26.7 Å². The van der Waals surface area contributed by atoms with Crippen molar-refractivity contribution in [3.8, 4) is 0 Å². The highest BCUT2D eigenvalue weighted by atomic mass is 19.4. The first-order chi connectivity index (χ1) is 12.1. The number of nitrogens with zero attached hydrogens (tertiary/aromatic N) is 3. The molecule has 1 unspecified atom stereocenters. The van der Waals surface area contributed by atoms with Crippen LogP contribution in [0.3, 0.4) is 0 Å². The summed E-state index contributed by atoms with van der Waals surface area (Å²) in [6, 6.07) is 1.70. The third kappa shape index (κ3) is 4.70. The Morgan fingerprint density at radius 3 is 2.58 bits per heavy atom. The molecule has 2 amide bonds. The Labute approximate surface area is 147 Å². The van der Waals surface area contributed by atoms with Crippen molar-refractivity contribution in [1.29, 1.82) is 0 Å². The summed E-state index contributed by atoms with van der Waals surface area (Å²) in [6.07, 6.45) is -2.74. The van der Waals surface area contributed by atoms with Gasteiger partial charge in [-0.2, -0.15) is 13.2 Å². The summed E-state index contributed by atoms with van der Waals surface area (Å²) in [5, 5.41) is 9.05. The summed E-state index contributed by atoms with van der Waals surface area (Å²) >= 11 is 0. The molecule has 1 N–H and O–H groups in total. The Kier molecular flexibility index (Phi) is 5.83. The summed E-state index contributed by atoms with van der Waals surface area (Å²) in [4.78, 5) is 41.2. The first-order valence-corrected chi connectivity index (χ1v) is 7.89. The van der Waals surface area contributed by atoms with E-state index in [1.165, 1.54) is 11.9 Å². The lowest BCUT2D eigenvalue weighted by molar-refractivity contribution is -0.146. The van der Waals surface area contributed by atoms with E-state index < -0.39 is 35.6 Å². The molecule has 1 aliphatic rings. The van der Waals surface area contributed by atoms with Crippen molar-refractivity contribution in [3.05, 3.63) is 29.6 Å². The van der Waals surface area contributed by atoms with Gasteiger partial charge >= 0.3 is 12.1 Å². The summed E-state index contributed by atoms with van der Waals surface area (Å²) in [7, 11) is 1.34. The normalized spacial score (nSPS) is 17.7. The number of halogens is 3. The predicted octanol–water partition coefficient (Wildman–Crippen LogP) is 1.50. The number of carboxylic acid groups (broad SMARTS) is 1. The zero-order valence-electron chi connectivity index (χ0n) is 14.0. The molecule has 1 aromatic heterocycles. The van der Waals surface area contributed by atoms with Crippen LogP contribution in [0.25, 0.3) is 0 Å². The van der Waals surface area contributed by atoms with E-state index in [1.807, 2.05) is 0 Å². The van der Waals surface area contributed by atoms with Gasteiger partial charge in [-0.15, -0.1) is 0 Å². The third-order valence-electron chi connectivity index (χ3n) is 4.14. The SMILES string of the molecule is CN(CC(=O)N1CCCC(C(=O)O)C1)C(=O)c1ccc(C(F)(F)F)nc1. The molecule has 142 valence electrons. The lowest BCUT2D eigenvalue weighted by Gasteiger charge is -2.32. The van der Waals surface area contributed by atoms with Crippen LogP contribution in [0.5, 0.6) is 0 Å². The topological polar surface area (TPSA) is 90.8 Å². The molecule has 0 bridgehead atoms. The second-order valence-electron chi connectivity index (χ2n) is 6.11. The van der Waals surface area contributed by atoms with Crippen molar-refractivity contribution >= 4 is 17.8 Å².